The van der Waals surface area contributed by atoms with Crippen LogP contribution < -0.4 is 0 Å². The van der Waals surface area contributed by atoms with Gasteiger partial charge in [-0.15, -0.1) is 0 Å². The Labute approximate surface area is 305 Å². The molecule has 0 amide bonds. The SMILES string of the molecule is CCCCCCCCCCCCCCCCC(=O)OC(COC(=O)CCCCCCCCCCCCCCC)COP(=O)(O)OCC(O)CO. The van der Waals surface area contributed by atoms with Crippen LogP contribution in [0.4, 0.5) is 0 Å². The second-order valence-electron chi connectivity index (χ2n) is 14.0. The van der Waals surface area contributed by atoms with Crippen LogP contribution in [0.25, 0.3) is 0 Å². The fourth-order valence-electron chi connectivity index (χ4n) is 5.82. The van der Waals surface area contributed by atoms with Gasteiger partial charge in [0.05, 0.1) is 19.8 Å². The third kappa shape index (κ3) is 35.4. The van der Waals surface area contributed by atoms with E-state index in [-0.39, 0.29) is 19.4 Å². The lowest BCUT2D eigenvalue weighted by Gasteiger charge is -2.20. The zero-order valence-electron chi connectivity index (χ0n) is 32.1. The second kappa shape index (κ2) is 36.3. The van der Waals surface area contributed by atoms with Crippen LogP contribution in [0.1, 0.15) is 200 Å². The summed E-state index contributed by atoms with van der Waals surface area (Å²) in [7, 11) is -4.60. The van der Waals surface area contributed by atoms with Crippen LogP contribution in [-0.4, -0.2) is 65.7 Å². The van der Waals surface area contributed by atoms with E-state index < -0.39 is 51.8 Å². The van der Waals surface area contributed by atoms with Gasteiger partial charge in [-0.2, -0.15) is 0 Å². The molecule has 3 N–H and O–H groups in total. The van der Waals surface area contributed by atoms with Crippen molar-refractivity contribution < 1.29 is 47.8 Å². The van der Waals surface area contributed by atoms with Gasteiger partial charge >= 0.3 is 19.8 Å². The van der Waals surface area contributed by atoms with Gasteiger partial charge in [0, 0.05) is 12.8 Å². The van der Waals surface area contributed by atoms with Gasteiger partial charge in [0.15, 0.2) is 6.10 Å². The van der Waals surface area contributed by atoms with Crippen molar-refractivity contribution in [2.75, 3.05) is 26.4 Å². The summed E-state index contributed by atoms with van der Waals surface area (Å²) in [6.07, 6.45) is 30.6. The van der Waals surface area contributed by atoms with Crippen LogP contribution in [0.3, 0.4) is 0 Å². The maximum Gasteiger partial charge on any atom is 0.472 e. The number of aliphatic hydroxyl groups is 2. The van der Waals surface area contributed by atoms with Gasteiger partial charge in [0.1, 0.15) is 12.7 Å². The van der Waals surface area contributed by atoms with E-state index in [1.165, 1.54) is 122 Å². The van der Waals surface area contributed by atoms with Gasteiger partial charge in [0.25, 0.3) is 0 Å². The number of phosphoric ester groups is 1. The topological polar surface area (TPSA) is 149 Å². The number of unbranched alkanes of at least 4 members (excludes halogenated alkanes) is 25. The zero-order valence-corrected chi connectivity index (χ0v) is 33.0. The molecule has 10 nitrogen and oxygen atoms in total. The Morgan fingerprint density at radius 3 is 1.24 bits per heavy atom. The first-order valence-electron chi connectivity index (χ1n) is 20.5. The zero-order chi connectivity index (χ0) is 37.0. The number of carbonyl (C=O) groups is 2. The molecule has 0 aliphatic carbocycles. The second-order valence-corrected chi connectivity index (χ2v) is 15.5. The molecule has 0 aromatic heterocycles. The maximum absolute atomic E-state index is 12.6. The molecule has 298 valence electrons. The molecule has 0 aliphatic heterocycles. The first-order chi connectivity index (χ1) is 24.2. The van der Waals surface area contributed by atoms with Crippen LogP contribution in [0.5, 0.6) is 0 Å². The van der Waals surface area contributed by atoms with Gasteiger partial charge in [-0.05, 0) is 12.8 Å². The van der Waals surface area contributed by atoms with Gasteiger partial charge in [-0.3, -0.25) is 18.6 Å². The van der Waals surface area contributed by atoms with Crippen LogP contribution in [0.2, 0.25) is 0 Å². The fourth-order valence-corrected chi connectivity index (χ4v) is 6.61. The molecule has 11 heteroatoms. The first-order valence-corrected chi connectivity index (χ1v) is 22.0. The van der Waals surface area contributed by atoms with Crippen LogP contribution in [-0.2, 0) is 32.7 Å². The number of carbonyl (C=O) groups excluding carboxylic acids is 2. The number of hydrogen-bond acceptors (Lipinski definition) is 9. The lowest BCUT2D eigenvalue weighted by atomic mass is 10.0. The summed E-state index contributed by atoms with van der Waals surface area (Å²) in [5.41, 5.74) is 0. The Hall–Kier alpha value is -1.03. The number of ether oxygens (including phenoxy) is 2. The maximum atomic E-state index is 12.6. The molecule has 3 atom stereocenters. The Morgan fingerprint density at radius 2 is 0.860 bits per heavy atom. The predicted molar refractivity (Wildman–Crippen MR) is 201 cm³/mol. The molecule has 0 bridgehead atoms. The Balaban J connectivity index is 4.29. The molecule has 0 saturated heterocycles. The molecule has 0 saturated carbocycles. The van der Waals surface area contributed by atoms with Gasteiger partial charge in [-0.25, -0.2) is 4.57 Å². The molecule has 0 aliphatic rings. The van der Waals surface area contributed by atoms with Crippen LogP contribution in [0.15, 0.2) is 0 Å². The van der Waals surface area contributed by atoms with E-state index in [1.807, 2.05) is 0 Å². The largest absolute Gasteiger partial charge is 0.472 e. The molecule has 50 heavy (non-hydrogen) atoms. The normalized spacial score (nSPS) is 13.9. The number of rotatable bonds is 39. The first kappa shape index (κ1) is 49.0. The average molecular weight is 737 g/mol. The minimum absolute atomic E-state index is 0.192. The van der Waals surface area contributed by atoms with E-state index in [1.54, 1.807) is 0 Å². The summed E-state index contributed by atoms with van der Waals surface area (Å²) in [6.45, 7) is 2.40. The molecule has 0 heterocycles. The average Bonchev–Trinajstić information content (AvgIpc) is 3.10. The van der Waals surface area contributed by atoms with Crippen molar-refractivity contribution in [1.82, 2.24) is 0 Å². The Morgan fingerprint density at radius 1 is 0.520 bits per heavy atom. The summed E-state index contributed by atoms with van der Waals surface area (Å²) >= 11 is 0. The van der Waals surface area contributed by atoms with Crippen molar-refractivity contribution >= 4 is 19.8 Å². The van der Waals surface area contributed by atoms with Crippen LogP contribution >= 0.6 is 7.82 Å². The van der Waals surface area contributed by atoms with E-state index in [0.29, 0.717) is 12.8 Å². The van der Waals surface area contributed by atoms with E-state index in [0.717, 1.165) is 38.5 Å². The summed E-state index contributed by atoms with van der Waals surface area (Å²) in [5, 5.41) is 18.3. The highest BCUT2D eigenvalue weighted by Crippen LogP contribution is 2.43. The third-order valence-electron chi connectivity index (χ3n) is 9.01. The Bertz CT molecular complexity index is 812. The monoisotopic (exact) mass is 737 g/mol. The van der Waals surface area contributed by atoms with Gasteiger partial charge < -0.3 is 24.6 Å². The summed E-state index contributed by atoms with van der Waals surface area (Å²) in [5.74, 6) is -0.912. The standard InChI is InChI=1S/C39H77O10P/c1-3-5-7-9-11-13-15-17-19-21-23-25-27-29-31-39(43)49-37(35-48-50(44,45)47-33-36(41)32-40)34-46-38(42)30-28-26-24-22-20-18-16-14-12-10-8-6-4-2/h36-37,40-41H,3-35H2,1-2H3,(H,44,45). The van der Waals surface area contributed by atoms with Crippen molar-refractivity contribution in [1.29, 1.82) is 0 Å². The van der Waals surface area contributed by atoms with Gasteiger partial charge in [0.2, 0.25) is 0 Å². The van der Waals surface area contributed by atoms with E-state index in [4.69, 9.17) is 19.1 Å². The molecule has 3 unspecified atom stereocenters. The van der Waals surface area contributed by atoms with Crippen LogP contribution in [0, 0.1) is 0 Å². The molecule has 0 aromatic rings. The van der Waals surface area contributed by atoms with Crippen molar-refractivity contribution in [2.45, 2.75) is 212 Å². The van der Waals surface area contributed by atoms with E-state index in [9.17, 15) is 24.2 Å². The molecular formula is C39H77O10P. The Kier molecular flexibility index (Phi) is 35.6. The minimum Gasteiger partial charge on any atom is -0.462 e. The quantitative estimate of drug-likeness (QED) is 0.0316. The van der Waals surface area contributed by atoms with Crippen molar-refractivity contribution in [3.63, 3.8) is 0 Å². The van der Waals surface area contributed by atoms with Crippen molar-refractivity contribution in [3.8, 4) is 0 Å². The molecule has 0 radical (unpaired) electrons. The number of phosphoric acid groups is 1. The summed E-state index contributed by atoms with van der Waals surface area (Å²) in [6, 6.07) is 0. The molecule has 0 spiro atoms. The van der Waals surface area contributed by atoms with Crippen molar-refractivity contribution in [3.05, 3.63) is 0 Å². The van der Waals surface area contributed by atoms with Crippen molar-refractivity contribution in [2.24, 2.45) is 0 Å². The molecular weight excluding hydrogens is 659 g/mol. The smallest absolute Gasteiger partial charge is 0.462 e. The summed E-state index contributed by atoms with van der Waals surface area (Å²) < 4.78 is 32.6. The molecule has 0 rings (SSSR count). The predicted octanol–water partition coefficient (Wildman–Crippen LogP) is 10.3. The molecule has 0 fully saturated rings. The highest BCUT2D eigenvalue weighted by atomic mass is 31.2. The molecule has 0 aromatic carbocycles. The highest BCUT2D eigenvalue weighted by Gasteiger charge is 2.27. The highest BCUT2D eigenvalue weighted by molar-refractivity contribution is 7.47. The number of esters is 2. The fraction of sp³-hybridized carbons (Fsp3) is 0.949. The van der Waals surface area contributed by atoms with E-state index in [2.05, 4.69) is 18.4 Å². The number of aliphatic hydroxyl groups excluding tert-OH is 2. The van der Waals surface area contributed by atoms with Gasteiger partial charge in [-0.1, -0.05) is 174 Å². The lowest BCUT2D eigenvalue weighted by molar-refractivity contribution is -0.161. The minimum atomic E-state index is -4.60. The third-order valence-corrected chi connectivity index (χ3v) is 9.96. The summed E-state index contributed by atoms with van der Waals surface area (Å²) in [4.78, 5) is 34.9. The van der Waals surface area contributed by atoms with E-state index >= 15 is 0 Å². The number of hydrogen-bond donors (Lipinski definition) is 3. The lowest BCUT2D eigenvalue weighted by Crippen LogP contribution is -2.29.